The third-order valence-electron chi connectivity index (χ3n) is 3.55. The predicted molar refractivity (Wildman–Crippen MR) is 87.8 cm³/mol. The van der Waals surface area contributed by atoms with Crippen molar-refractivity contribution in [3.05, 3.63) is 64.2 Å². The number of carbonyl (C=O) groups excluding carboxylic acids is 1. The van der Waals surface area contributed by atoms with Crippen molar-refractivity contribution < 1.29 is 22.3 Å². The van der Waals surface area contributed by atoms with Crippen LogP contribution in [0.15, 0.2) is 53.4 Å². The first-order valence-electron chi connectivity index (χ1n) is 7.45. The van der Waals surface area contributed by atoms with Crippen molar-refractivity contribution in [1.82, 2.24) is 5.32 Å². The SMILES string of the molecule is O=C(NC1CC1)c1ccc(OS(=O)(=O)c2cccc([N+](=O)[O-])c2)cc1. The minimum absolute atomic E-state index is 0.00878. The van der Waals surface area contributed by atoms with Gasteiger partial charge in [-0.25, -0.2) is 0 Å². The summed E-state index contributed by atoms with van der Waals surface area (Å²) in [5, 5.41) is 13.6. The summed E-state index contributed by atoms with van der Waals surface area (Å²) in [7, 11) is -4.22. The van der Waals surface area contributed by atoms with Crippen LogP contribution in [0.3, 0.4) is 0 Å². The number of hydrogen-bond acceptors (Lipinski definition) is 6. The molecule has 0 bridgehead atoms. The Bertz CT molecular complexity index is 920. The molecule has 1 saturated carbocycles. The Balaban J connectivity index is 1.75. The third-order valence-corrected chi connectivity index (χ3v) is 4.80. The molecule has 2 aromatic rings. The summed E-state index contributed by atoms with van der Waals surface area (Å²) in [6.07, 6.45) is 1.93. The van der Waals surface area contributed by atoms with Gasteiger partial charge in [-0.05, 0) is 43.2 Å². The van der Waals surface area contributed by atoms with Crippen molar-refractivity contribution in [1.29, 1.82) is 0 Å². The lowest BCUT2D eigenvalue weighted by Gasteiger charge is -2.08. The lowest BCUT2D eigenvalue weighted by molar-refractivity contribution is -0.385. The maximum atomic E-state index is 12.2. The van der Waals surface area contributed by atoms with Crippen LogP contribution in [-0.4, -0.2) is 25.3 Å². The molecular formula is C16H14N2O6S. The minimum Gasteiger partial charge on any atom is -0.379 e. The number of non-ortho nitro benzene ring substituents is 1. The van der Waals surface area contributed by atoms with Crippen molar-refractivity contribution in [2.45, 2.75) is 23.8 Å². The van der Waals surface area contributed by atoms with E-state index in [9.17, 15) is 23.3 Å². The van der Waals surface area contributed by atoms with E-state index in [0.717, 1.165) is 18.9 Å². The van der Waals surface area contributed by atoms with Crippen LogP contribution in [0.4, 0.5) is 5.69 Å². The number of nitro groups is 1. The van der Waals surface area contributed by atoms with Gasteiger partial charge in [0.15, 0.2) is 0 Å². The standard InChI is InChI=1S/C16H14N2O6S/c19-16(17-12-6-7-12)11-4-8-14(9-5-11)24-25(22,23)15-3-1-2-13(10-15)18(20)21/h1-5,8-10,12H,6-7H2,(H,17,19). The molecule has 0 unspecified atom stereocenters. The quantitative estimate of drug-likeness (QED) is 0.479. The molecule has 1 aliphatic carbocycles. The Morgan fingerprint density at radius 3 is 2.44 bits per heavy atom. The van der Waals surface area contributed by atoms with E-state index in [-0.39, 0.29) is 28.3 Å². The lowest BCUT2D eigenvalue weighted by atomic mass is 10.2. The first kappa shape index (κ1) is 16.9. The zero-order chi connectivity index (χ0) is 18.0. The molecular weight excluding hydrogens is 348 g/mol. The molecule has 0 saturated heterocycles. The van der Waals surface area contributed by atoms with Crippen LogP contribution in [0.25, 0.3) is 0 Å². The second kappa shape index (κ2) is 6.52. The molecule has 0 aliphatic heterocycles. The van der Waals surface area contributed by atoms with Crippen LogP contribution < -0.4 is 9.50 Å². The first-order valence-corrected chi connectivity index (χ1v) is 8.86. The molecule has 8 nitrogen and oxygen atoms in total. The average Bonchev–Trinajstić information content (AvgIpc) is 3.39. The molecule has 1 N–H and O–H groups in total. The smallest absolute Gasteiger partial charge is 0.339 e. The van der Waals surface area contributed by atoms with Crippen LogP contribution in [0.2, 0.25) is 0 Å². The van der Waals surface area contributed by atoms with Gasteiger partial charge in [-0.1, -0.05) is 6.07 Å². The van der Waals surface area contributed by atoms with Gasteiger partial charge < -0.3 is 9.50 Å². The van der Waals surface area contributed by atoms with Gasteiger partial charge >= 0.3 is 10.1 Å². The Morgan fingerprint density at radius 1 is 1.16 bits per heavy atom. The molecule has 2 aromatic carbocycles. The molecule has 0 heterocycles. The monoisotopic (exact) mass is 362 g/mol. The van der Waals surface area contributed by atoms with Gasteiger partial charge in [0.05, 0.1) is 4.92 Å². The first-order chi connectivity index (χ1) is 11.8. The van der Waals surface area contributed by atoms with Crippen LogP contribution in [-0.2, 0) is 10.1 Å². The van der Waals surface area contributed by atoms with Gasteiger partial charge in [0, 0.05) is 23.7 Å². The van der Waals surface area contributed by atoms with Gasteiger partial charge in [-0.15, -0.1) is 0 Å². The van der Waals surface area contributed by atoms with Gasteiger partial charge in [0.2, 0.25) is 0 Å². The zero-order valence-electron chi connectivity index (χ0n) is 12.9. The Morgan fingerprint density at radius 2 is 1.84 bits per heavy atom. The number of nitrogens with zero attached hydrogens (tertiary/aromatic N) is 1. The number of hydrogen-bond donors (Lipinski definition) is 1. The molecule has 3 rings (SSSR count). The largest absolute Gasteiger partial charge is 0.379 e. The summed E-state index contributed by atoms with van der Waals surface area (Å²) in [5.41, 5.74) is 0.0452. The number of nitrogens with one attached hydrogen (secondary N) is 1. The molecule has 0 spiro atoms. The molecule has 9 heteroatoms. The summed E-state index contributed by atoms with van der Waals surface area (Å²) in [5.74, 6) is -0.218. The van der Waals surface area contributed by atoms with E-state index in [1.54, 1.807) is 0 Å². The van der Waals surface area contributed by atoms with Crippen LogP contribution in [0, 0.1) is 10.1 Å². The highest BCUT2D eigenvalue weighted by molar-refractivity contribution is 7.87. The van der Waals surface area contributed by atoms with Crippen LogP contribution in [0.1, 0.15) is 23.2 Å². The minimum atomic E-state index is -4.22. The summed E-state index contributed by atoms with van der Waals surface area (Å²) < 4.78 is 29.4. The van der Waals surface area contributed by atoms with E-state index in [4.69, 9.17) is 4.18 Å². The summed E-state index contributed by atoms with van der Waals surface area (Å²) >= 11 is 0. The van der Waals surface area contributed by atoms with Crippen molar-refractivity contribution in [2.75, 3.05) is 0 Å². The molecule has 0 atom stereocenters. The summed E-state index contributed by atoms with van der Waals surface area (Å²) in [6, 6.07) is 10.4. The second-order valence-electron chi connectivity index (χ2n) is 5.56. The highest BCUT2D eigenvalue weighted by Gasteiger charge is 2.24. The molecule has 1 amide bonds. The summed E-state index contributed by atoms with van der Waals surface area (Å²) in [6.45, 7) is 0. The van der Waals surface area contributed by atoms with Crippen molar-refractivity contribution >= 4 is 21.7 Å². The third kappa shape index (κ3) is 4.13. The highest BCUT2D eigenvalue weighted by atomic mass is 32.2. The lowest BCUT2D eigenvalue weighted by Crippen LogP contribution is -2.25. The highest BCUT2D eigenvalue weighted by Crippen LogP contribution is 2.23. The van der Waals surface area contributed by atoms with E-state index in [1.165, 1.54) is 42.5 Å². The van der Waals surface area contributed by atoms with Gasteiger partial charge in [0.1, 0.15) is 10.6 Å². The van der Waals surface area contributed by atoms with Crippen molar-refractivity contribution in [2.24, 2.45) is 0 Å². The van der Waals surface area contributed by atoms with Gasteiger partial charge in [-0.3, -0.25) is 14.9 Å². The normalized spacial score (nSPS) is 13.9. The fourth-order valence-electron chi connectivity index (χ4n) is 2.09. The van der Waals surface area contributed by atoms with E-state index >= 15 is 0 Å². The molecule has 0 radical (unpaired) electrons. The Hall–Kier alpha value is -2.94. The second-order valence-corrected chi connectivity index (χ2v) is 7.11. The molecule has 1 fully saturated rings. The maximum absolute atomic E-state index is 12.2. The maximum Gasteiger partial charge on any atom is 0.339 e. The van der Waals surface area contributed by atoms with E-state index < -0.39 is 15.0 Å². The van der Waals surface area contributed by atoms with Crippen molar-refractivity contribution in [3.8, 4) is 5.75 Å². The molecule has 0 aromatic heterocycles. The molecule has 25 heavy (non-hydrogen) atoms. The van der Waals surface area contributed by atoms with Crippen LogP contribution in [0.5, 0.6) is 5.75 Å². The van der Waals surface area contributed by atoms with Gasteiger partial charge in [0.25, 0.3) is 11.6 Å². The Kier molecular flexibility index (Phi) is 4.41. The summed E-state index contributed by atoms with van der Waals surface area (Å²) in [4.78, 5) is 21.6. The topological polar surface area (TPSA) is 116 Å². The fraction of sp³-hybridized carbons (Fsp3) is 0.188. The van der Waals surface area contributed by atoms with Crippen molar-refractivity contribution in [3.63, 3.8) is 0 Å². The number of carbonyl (C=O) groups is 1. The molecule has 130 valence electrons. The predicted octanol–water partition coefficient (Wildman–Crippen LogP) is 2.25. The van der Waals surface area contributed by atoms with E-state index in [2.05, 4.69) is 5.32 Å². The van der Waals surface area contributed by atoms with Gasteiger partial charge in [-0.2, -0.15) is 8.42 Å². The van der Waals surface area contributed by atoms with Crippen LogP contribution >= 0.6 is 0 Å². The fourth-order valence-corrected chi connectivity index (χ4v) is 3.06. The Labute approximate surface area is 143 Å². The number of benzene rings is 2. The number of rotatable bonds is 6. The van der Waals surface area contributed by atoms with E-state index in [1.807, 2.05) is 0 Å². The number of nitro benzene ring substituents is 1. The zero-order valence-corrected chi connectivity index (χ0v) is 13.7. The number of amides is 1. The average molecular weight is 362 g/mol. The molecule has 1 aliphatic rings. The van der Waals surface area contributed by atoms with E-state index in [0.29, 0.717) is 5.56 Å².